The Bertz CT molecular complexity index is 1010. The second-order valence-electron chi connectivity index (χ2n) is 8.25. The van der Waals surface area contributed by atoms with Gasteiger partial charge in [0.25, 0.3) is 0 Å². The molecule has 6 nitrogen and oxygen atoms in total. The number of H-pyrrole nitrogens is 1. The van der Waals surface area contributed by atoms with Crippen molar-refractivity contribution in [3.05, 3.63) is 36.3 Å². The van der Waals surface area contributed by atoms with Crippen molar-refractivity contribution in [3.8, 4) is 11.4 Å². The number of fused-ring (bicyclic) bond motifs is 1. The lowest BCUT2D eigenvalue weighted by Gasteiger charge is -2.50. The number of aromatic amines is 1. The summed E-state index contributed by atoms with van der Waals surface area (Å²) in [5.74, 6) is 1.05. The van der Waals surface area contributed by atoms with Crippen LogP contribution in [0.15, 0.2) is 30.5 Å². The maximum atomic E-state index is 14.6. The monoisotopic (exact) mass is 381 g/mol. The molecule has 5 rings (SSSR count). The molecule has 2 aliphatic rings. The van der Waals surface area contributed by atoms with Crippen LogP contribution in [-0.4, -0.2) is 44.0 Å². The molecule has 0 bridgehead atoms. The lowest BCUT2D eigenvalue weighted by molar-refractivity contribution is -0.102. The van der Waals surface area contributed by atoms with E-state index in [2.05, 4.69) is 32.0 Å². The average Bonchev–Trinajstić information content (AvgIpc) is 3.11. The van der Waals surface area contributed by atoms with Gasteiger partial charge in [-0.2, -0.15) is 5.10 Å². The molecule has 0 aromatic carbocycles. The van der Waals surface area contributed by atoms with Gasteiger partial charge in [0.1, 0.15) is 11.5 Å². The van der Waals surface area contributed by atoms with E-state index in [1.165, 1.54) is 6.07 Å². The summed E-state index contributed by atoms with van der Waals surface area (Å²) < 4.78 is 14.6. The number of aromatic nitrogens is 4. The number of anilines is 1. The van der Waals surface area contributed by atoms with Gasteiger partial charge in [0.05, 0.1) is 11.3 Å². The SMILES string of the molecule is CC1CCN(c2ccc(F)c(-c3[nH]nc4ncccc34)n2)CC1C1(O)CCC1. The molecule has 4 heterocycles. The van der Waals surface area contributed by atoms with E-state index in [4.69, 9.17) is 0 Å². The van der Waals surface area contributed by atoms with Crippen LogP contribution in [0.4, 0.5) is 10.2 Å². The van der Waals surface area contributed by atoms with Crippen LogP contribution in [0.5, 0.6) is 0 Å². The van der Waals surface area contributed by atoms with Gasteiger partial charge in [-0.15, -0.1) is 0 Å². The number of nitrogens with one attached hydrogen (secondary N) is 1. The summed E-state index contributed by atoms with van der Waals surface area (Å²) >= 11 is 0. The molecule has 0 amide bonds. The highest BCUT2D eigenvalue weighted by Gasteiger charge is 2.46. The molecular formula is C21H24FN5O. The zero-order chi connectivity index (χ0) is 19.3. The maximum Gasteiger partial charge on any atom is 0.181 e. The van der Waals surface area contributed by atoms with Crippen molar-refractivity contribution < 1.29 is 9.50 Å². The van der Waals surface area contributed by atoms with Gasteiger partial charge in [0.2, 0.25) is 0 Å². The van der Waals surface area contributed by atoms with Crippen LogP contribution in [0.3, 0.4) is 0 Å². The van der Waals surface area contributed by atoms with Crippen LogP contribution < -0.4 is 4.90 Å². The van der Waals surface area contributed by atoms with Gasteiger partial charge in [0, 0.05) is 30.6 Å². The van der Waals surface area contributed by atoms with Crippen LogP contribution >= 0.6 is 0 Å². The Morgan fingerprint density at radius 3 is 2.93 bits per heavy atom. The first-order valence-electron chi connectivity index (χ1n) is 9.98. The quantitative estimate of drug-likeness (QED) is 0.726. The zero-order valence-corrected chi connectivity index (χ0v) is 15.9. The Balaban J connectivity index is 1.49. The minimum Gasteiger partial charge on any atom is -0.390 e. The molecule has 1 aliphatic heterocycles. The predicted molar refractivity (Wildman–Crippen MR) is 105 cm³/mol. The van der Waals surface area contributed by atoms with E-state index in [0.29, 0.717) is 17.3 Å². The molecule has 1 aliphatic carbocycles. The molecule has 1 saturated carbocycles. The number of rotatable bonds is 3. The van der Waals surface area contributed by atoms with Crippen molar-refractivity contribution in [2.45, 2.75) is 38.2 Å². The van der Waals surface area contributed by atoms with Crippen molar-refractivity contribution in [1.29, 1.82) is 0 Å². The van der Waals surface area contributed by atoms with Crippen LogP contribution in [-0.2, 0) is 0 Å². The Labute approximate surface area is 162 Å². The Morgan fingerprint density at radius 2 is 2.14 bits per heavy atom. The molecular weight excluding hydrogens is 357 g/mol. The van der Waals surface area contributed by atoms with Crippen molar-refractivity contribution in [3.63, 3.8) is 0 Å². The molecule has 7 heteroatoms. The van der Waals surface area contributed by atoms with E-state index in [1.54, 1.807) is 18.3 Å². The van der Waals surface area contributed by atoms with Gasteiger partial charge in [-0.05, 0) is 55.9 Å². The van der Waals surface area contributed by atoms with Gasteiger partial charge >= 0.3 is 0 Å². The second kappa shape index (κ2) is 6.51. The van der Waals surface area contributed by atoms with Gasteiger partial charge in [0.15, 0.2) is 11.5 Å². The second-order valence-corrected chi connectivity index (χ2v) is 8.25. The third kappa shape index (κ3) is 2.76. The van der Waals surface area contributed by atoms with Crippen LogP contribution in [0.2, 0.25) is 0 Å². The van der Waals surface area contributed by atoms with Crippen LogP contribution in [0, 0.1) is 17.7 Å². The van der Waals surface area contributed by atoms with Gasteiger partial charge in [-0.1, -0.05) is 6.92 Å². The highest BCUT2D eigenvalue weighted by Crippen LogP contribution is 2.45. The minimum atomic E-state index is -0.549. The molecule has 2 fully saturated rings. The number of piperidine rings is 1. The van der Waals surface area contributed by atoms with Crippen LogP contribution in [0.25, 0.3) is 22.4 Å². The number of hydrogen-bond acceptors (Lipinski definition) is 5. The topological polar surface area (TPSA) is 77.9 Å². The highest BCUT2D eigenvalue weighted by molar-refractivity contribution is 5.89. The predicted octanol–water partition coefficient (Wildman–Crippen LogP) is 3.54. The fourth-order valence-corrected chi connectivity index (χ4v) is 4.70. The molecule has 1 saturated heterocycles. The van der Waals surface area contributed by atoms with E-state index >= 15 is 0 Å². The summed E-state index contributed by atoms with van der Waals surface area (Å²) in [6.45, 7) is 3.84. The third-order valence-electron chi connectivity index (χ3n) is 6.59. The Hall–Kier alpha value is -2.54. The summed E-state index contributed by atoms with van der Waals surface area (Å²) in [5, 5.41) is 18.7. The first-order chi connectivity index (χ1) is 13.5. The summed E-state index contributed by atoms with van der Waals surface area (Å²) in [7, 11) is 0. The fourth-order valence-electron chi connectivity index (χ4n) is 4.70. The highest BCUT2D eigenvalue weighted by atomic mass is 19.1. The lowest BCUT2D eigenvalue weighted by atomic mass is 9.65. The Morgan fingerprint density at radius 1 is 1.29 bits per heavy atom. The van der Waals surface area contributed by atoms with E-state index in [-0.39, 0.29) is 11.6 Å². The smallest absolute Gasteiger partial charge is 0.181 e. The molecule has 2 atom stereocenters. The summed E-state index contributed by atoms with van der Waals surface area (Å²) in [6, 6.07) is 6.86. The van der Waals surface area contributed by atoms with E-state index in [9.17, 15) is 9.50 Å². The summed E-state index contributed by atoms with van der Waals surface area (Å²) in [5.41, 5.74) is 0.794. The Kier molecular flexibility index (Phi) is 4.08. The largest absolute Gasteiger partial charge is 0.390 e. The number of hydrogen-bond donors (Lipinski definition) is 2. The molecule has 2 unspecified atom stereocenters. The van der Waals surface area contributed by atoms with Crippen molar-refractivity contribution in [2.75, 3.05) is 18.0 Å². The van der Waals surface area contributed by atoms with Crippen molar-refractivity contribution >= 4 is 16.9 Å². The third-order valence-corrected chi connectivity index (χ3v) is 6.59. The van der Waals surface area contributed by atoms with E-state index < -0.39 is 11.4 Å². The molecule has 3 aromatic heterocycles. The normalized spacial score (nSPS) is 24.3. The summed E-state index contributed by atoms with van der Waals surface area (Å²) in [6.07, 6.45) is 5.52. The first kappa shape index (κ1) is 17.6. The summed E-state index contributed by atoms with van der Waals surface area (Å²) in [4.78, 5) is 11.0. The average molecular weight is 381 g/mol. The first-order valence-corrected chi connectivity index (χ1v) is 9.98. The van der Waals surface area contributed by atoms with Gasteiger partial charge in [-0.25, -0.2) is 14.4 Å². The molecule has 146 valence electrons. The number of pyridine rings is 2. The standard InChI is InChI=1S/C21H24FN5O/c1-13-7-11-27(12-15(13)21(28)8-3-9-21)17-6-5-16(22)19(24-17)18-14-4-2-10-23-20(14)26-25-18/h2,4-6,10,13,15,28H,3,7-9,11-12H2,1H3,(H,23,25,26). The van der Waals surface area contributed by atoms with Gasteiger partial charge in [-0.3, -0.25) is 5.10 Å². The molecule has 28 heavy (non-hydrogen) atoms. The van der Waals surface area contributed by atoms with Gasteiger partial charge < -0.3 is 10.0 Å². The molecule has 0 spiro atoms. The zero-order valence-electron chi connectivity index (χ0n) is 15.9. The number of halogens is 1. The maximum absolute atomic E-state index is 14.6. The van der Waals surface area contributed by atoms with E-state index in [0.717, 1.165) is 50.0 Å². The molecule has 2 N–H and O–H groups in total. The lowest BCUT2D eigenvalue weighted by Crippen LogP contribution is -2.55. The van der Waals surface area contributed by atoms with E-state index in [1.807, 2.05) is 6.07 Å². The number of aliphatic hydroxyl groups is 1. The van der Waals surface area contributed by atoms with Crippen molar-refractivity contribution in [2.24, 2.45) is 11.8 Å². The van der Waals surface area contributed by atoms with Crippen LogP contribution in [0.1, 0.15) is 32.6 Å². The number of nitrogens with zero attached hydrogens (tertiary/aromatic N) is 4. The fraction of sp³-hybridized carbons (Fsp3) is 0.476. The molecule has 0 radical (unpaired) electrons. The van der Waals surface area contributed by atoms with Crippen molar-refractivity contribution in [1.82, 2.24) is 20.2 Å². The molecule has 3 aromatic rings. The minimum absolute atomic E-state index is 0.225.